The van der Waals surface area contributed by atoms with Crippen molar-refractivity contribution in [2.45, 2.75) is 39.3 Å². The lowest BCUT2D eigenvalue weighted by molar-refractivity contribution is 0.0469. The van der Waals surface area contributed by atoms with Crippen LogP contribution >= 0.6 is 46.4 Å². The van der Waals surface area contributed by atoms with Crippen molar-refractivity contribution in [3.63, 3.8) is 0 Å². The van der Waals surface area contributed by atoms with E-state index in [-0.39, 0.29) is 37.8 Å². The van der Waals surface area contributed by atoms with Crippen LogP contribution in [0.3, 0.4) is 0 Å². The molecule has 2 aromatic heterocycles. The van der Waals surface area contributed by atoms with E-state index in [1.807, 2.05) is 18.4 Å². The summed E-state index contributed by atoms with van der Waals surface area (Å²) in [4.78, 5) is 28.7. The smallest absolute Gasteiger partial charge is 0.359 e. The third kappa shape index (κ3) is 4.72. The summed E-state index contributed by atoms with van der Waals surface area (Å²) in [7, 11) is 0. The Balaban J connectivity index is 1.70. The van der Waals surface area contributed by atoms with Crippen molar-refractivity contribution in [2.24, 2.45) is 0 Å². The number of rotatable bonds is 6. The van der Waals surface area contributed by atoms with E-state index >= 15 is 0 Å². The largest absolute Gasteiger partial charge is 0.453 e. The van der Waals surface area contributed by atoms with E-state index in [1.165, 1.54) is 0 Å². The predicted octanol–water partition coefficient (Wildman–Crippen LogP) is 5.33. The van der Waals surface area contributed by atoms with Gasteiger partial charge in [-0.3, -0.25) is 4.79 Å². The van der Waals surface area contributed by atoms with Gasteiger partial charge >= 0.3 is 5.97 Å². The highest BCUT2D eigenvalue weighted by molar-refractivity contribution is 6.52. The van der Waals surface area contributed by atoms with Crippen LogP contribution in [0, 0.1) is 13.8 Å². The molecule has 0 amide bonds. The van der Waals surface area contributed by atoms with Crippen molar-refractivity contribution in [1.82, 2.24) is 9.55 Å². The molecule has 1 saturated heterocycles. The van der Waals surface area contributed by atoms with Gasteiger partial charge in [0.25, 0.3) is 0 Å². The Morgan fingerprint density at radius 3 is 2.59 bits per heavy atom. The summed E-state index contributed by atoms with van der Waals surface area (Å²) in [6.45, 7) is 4.76. The van der Waals surface area contributed by atoms with Crippen LogP contribution in [0.2, 0.25) is 20.2 Å². The Bertz CT molecular complexity index is 968. The maximum atomic E-state index is 12.6. The third-order valence-electron chi connectivity index (χ3n) is 4.80. The number of ether oxygens (including phenoxy) is 2. The first-order chi connectivity index (χ1) is 13.7. The number of halogens is 4. The molecule has 0 aliphatic carbocycles. The standard InChI is InChI=1S/C19H18Cl4N2O4/c1-9-6-12(10(2)25(9)7-11-4-3-5-28-11)13(26)8-29-19(27)17-15(21)14(20)16(22)18(23)24-17/h6,11H,3-5,7-8H2,1-2H3. The SMILES string of the molecule is Cc1cc(C(=O)COC(=O)c2nc(Cl)c(Cl)c(Cl)c2Cl)c(C)n1CC1CCCO1. The van der Waals surface area contributed by atoms with E-state index in [4.69, 9.17) is 55.9 Å². The number of hydrogen-bond acceptors (Lipinski definition) is 5. The van der Waals surface area contributed by atoms with Gasteiger partial charge in [0.15, 0.2) is 12.3 Å². The van der Waals surface area contributed by atoms with E-state index in [1.54, 1.807) is 6.07 Å². The van der Waals surface area contributed by atoms with Gasteiger partial charge in [-0.25, -0.2) is 9.78 Å². The van der Waals surface area contributed by atoms with E-state index < -0.39 is 12.6 Å². The topological polar surface area (TPSA) is 70.4 Å². The van der Waals surface area contributed by atoms with Gasteiger partial charge in [0, 0.05) is 30.1 Å². The molecule has 0 saturated carbocycles. The number of ketones is 1. The molecule has 1 atom stereocenters. The second-order valence-electron chi connectivity index (χ2n) is 6.72. The number of aromatic nitrogens is 2. The Hall–Kier alpha value is -1.31. The Kier molecular flexibility index (Phi) is 7.12. The minimum atomic E-state index is -0.919. The highest BCUT2D eigenvalue weighted by Crippen LogP contribution is 2.36. The molecule has 1 fully saturated rings. The van der Waals surface area contributed by atoms with Crippen LogP contribution < -0.4 is 0 Å². The molecule has 29 heavy (non-hydrogen) atoms. The second kappa shape index (κ2) is 9.23. The van der Waals surface area contributed by atoms with Crippen molar-refractivity contribution in [2.75, 3.05) is 13.2 Å². The number of aryl methyl sites for hydroxylation is 1. The molecule has 2 aromatic rings. The van der Waals surface area contributed by atoms with Crippen molar-refractivity contribution >= 4 is 58.2 Å². The average Bonchev–Trinajstić information content (AvgIpc) is 3.30. The molecule has 3 rings (SSSR count). The molecule has 10 heteroatoms. The second-order valence-corrected chi connectivity index (χ2v) is 8.21. The van der Waals surface area contributed by atoms with Crippen molar-refractivity contribution in [3.05, 3.63) is 48.9 Å². The molecule has 6 nitrogen and oxygen atoms in total. The Labute approximate surface area is 188 Å². The fourth-order valence-corrected chi connectivity index (χ4v) is 4.06. The summed E-state index contributed by atoms with van der Waals surface area (Å²) in [5.74, 6) is -1.26. The maximum absolute atomic E-state index is 12.6. The molecular formula is C19H18Cl4N2O4. The molecule has 0 bridgehead atoms. The van der Waals surface area contributed by atoms with E-state index in [9.17, 15) is 9.59 Å². The summed E-state index contributed by atoms with van der Waals surface area (Å²) >= 11 is 23.6. The van der Waals surface area contributed by atoms with Crippen molar-refractivity contribution in [3.8, 4) is 0 Å². The Morgan fingerprint density at radius 1 is 1.21 bits per heavy atom. The lowest BCUT2D eigenvalue weighted by Gasteiger charge is -2.14. The number of hydrogen-bond donors (Lipinski definition) is 0. The van der Waals surface area contributed by atoms with Gasteiger partial charge in [-0.05, 0) is 32.8 Å². The van der Waals surface area contributed by atoms with Crippen molar-refractivity contribution in [1.29, 1.82) is 0 Å². The third-order valence-corrected chi connectivity index (χ3v) is 6.47. The minimum absolute atomic E-state index is 0.0651. The number of nitrogens with zero attached hydrogens (tertiary/aromatic N) is 2. The van der Waals surface area contributed by atoms with Crippen LogP contribution in [0.25, 0.3) is 0 Å². The quantitative estimate of drug-likeness (QED) is 0.318. The first-order valence-electron chi connectivity index (χ1n) is 8.89. The molecular weight excluding hydrogens is 462 g/mol. The molecule has 0 spiro atoms. The maximum Gasteiger partial charge on any atom is 0.359 e. The van der Waals surface area contributed by atoms with Crippen LogP contribution in [0.5, 0.6) is 0 Å². The van der Waals surface area contributed by atoms with Gasteiger partial charge < -0.3 is 14.0 Å². The van der Waals surface area contributed by atoms with Gasteiger partial charge in [0.1, 0.15) is 5.15 Å². The highest BCUT2D eigenvalue weighted by atomic mass is 35.5. The lowest BCUT2D eigenvalue weighted by Crippen LogP contribution is -2.18. The van der Waals surface area contributed by atoms with Crippen LogP contribution in [0.1, 0.15) is 45.1 Å². The number of carbonyl (C=O) groups excluding carboxylic acids is 2. The van der Waals surface area contributed by atoms with Crippen LogP contribution in [-0.2, 0) is 16.0 Å². The monoisotopic (exact) mass is 478 g/mol. The first-order valence-corrected chi connectivity index (χ1v) is 10.4. The molecule has 0 radical (unpaired) electrons. The minimum Gasteiger partial charge on any atom is -0.453 e. The summed E-state index contributed by atoms with van der Waals surface area (Å²) < 4.78 is 12.8. The highest BCUT2D eigenvalue weighted by Gasteiger charge is 2.24. The summed E-state index contributed by atoms with van der Waals surface area (Å²) in [6, 6.07) is 1.78. The van der Waals surface area contributed by atoms with E-state index in [0.717, 1.165) is 30.8 Å². The number of esters is 1. The van der Waals surface area contributed by atoms with Crippen LogP contribution in [0.15, 0.2) is 6.07 Å². The van der Waals surface area contributed by atoms with Gasteiger partial charge in [-0.15, -0.1) is 0 Å². The molecule has 1 aliphatic heterocycles. The van der Waals surface area contributed by atoms with E-state index in [2.05, 4.69) is 4.98 Å². The molecule has 1 unspecified atom stereocenters. The van der Waals surface area contributed by atoms with Gasteiger partial charge in [-0.1, -0.05) is 46.4 Å². The van der Waals surface area contributed by atoms with Crippen LogP contribution in [0.4, 0.5) is 0 Å². The van der Waals surface area contributed by atoms with Gasteiger partial charge in [0.05, 0.1) is 21.2 Å². The van der Waals surface area contributed by atoms with Crippen LogP contribution in [-0.4, -0.2) is 40.6 Å². The van der Waals surface area contributed by atoms with E-state index in [0.29, 0.717) is 12.1 Å². The summed E-state index contributed by atoms with van der Waals surface area (Å²) in [6.07, 6.45) is 2.19. The first kappa shape index (κ1) is 22.4. The normalized spacial score (nSPS) is 16.3. The molecule has 3 heterocycles. The number of pyridine rings is 1. The lowest BCUT2D eigenvalue weighted by atomic mass is 10.1. The molecule has 0 aromatic carbocycles. The molecule has 1 aliphatic rings. The molecule has 156 valence electrons. The van der Waals surface area contributed by atoms with Crippen molar-refractivity contribution < 1.29 is 19.1 Å². The Morgan fingerprint density at radius 2 is 1.93 bits per heavy atom. The summed E-state index contributed by atoms with van der Waals surface area (Å²) in [5.41, 5.74) is 1.92. The number of carbonyl (C=O) groups is 2. The van der Waals surface area contributed by atoms with Gasteiger partial charge in [0.2, 0.25) is 5.78 Å². The zero-order valence-corrected chi connectivity index (χ0v) is 18.8. The average molecular weight is 480 g/mol. The predicted molar refractivity (Wildman–Crippen MR) is 112 cm³/mol. The fraction of sp³-hybridized carbons (Fsp3) is 0.421. The zero-order chi connectivity index (χ0) is 21.3. The summed E-state index contributed by atoms with van der Waals surface area (Å²) in [5, 5.41) is -0.542. The fourth-order valence-electron chi connectivity index (χ4n) is 3.26. The van der Waals surface area contributed by atoms with Gasteiger partial charge in [-0.2, -0.15) is 0 Å². The number of Topliss-reactive ketones (excluding diaryl/α,β-unsaturated/α-hetero) is 1. The zero-order valence-electron chi connectivity index (χ0n) is 15.7. The molecule has 0 N–H and O–H groups in total.